The average molecular weight is 663 g/mol. The Morgan fingerprint density at radius 3 is 2.30 bits per heavy atom. The quantitative estimate of drug-likeness (QED) is 0.167. The van der Waals surface area contributed by atoms with Gasteiger partial charge in [0.2, 0.25) is 0 Å². The molecule has 5 aromatic carbocycles. The Labute approximate surface area is 298 Å². The molecule has 8 rings (SSSR count). The summed E-state index contributed by atoms with van der Waals surface area (Å²) in [7, 11) is 0. The number of benzene rings is 5. The molecule has 0 amide bonds. The minimum absolute atomic E-state index is 0.487. The highest BCUT2D eigenvalue weighted by Crippen LogP contribution is 2.40. The van der Waals surface area contributed by atoms with E-state index in [1.807, 2.05) is 23.5 Å². The second kappa shape index (κ2) is 14.0. The molecule has 2 heteroatoms. The molecule has 0 atom stereocenters. The number of para-hydroxylation sites is 1. The second-order valence-electron chi connectivity index (χ2n) is 12.8. The van der Waals surface area contributed by atoms with Crippen molar-refractivity contribution in [1.29, 1.82) is 0 Å². The number of allylic oxidation sites excluding steroid dienone is 8. The number of ether oxygens (including phenoxy) is 1. The second-order valence-corrected chi connectivity index (χ2v) is 13.9. The summed E-state index contributed by atoms with van der Waals surface area (Å²) in [6.07, 6.45) is 20.0. The van der Waals surface area contributed by atoms with Crippen molar-refractivity contribution < 1.29 is 4.74 Å². The lowest BCUT2D eigenvalue weighted by Gasteiger charge is -2.13. The van der Waals surface area contributed by atoms with Crippen molar-refractivity contribution in [2.75, 3.05) is 6.61 Å². The van der Waals surface area contributed by atoms with Gasteiger partial charge in [-0.1, -0.05) is 153 Å². The third-order valence-corrected chi connectivity index (χ3v) is 10.9. The molecule has 0 bridgehead atoms. The Kier molecular flexibility index (Phi) is 8.86. The smallest absolute Gasteiger partial charge is 0.123 e. The summed E-state index contributed by atoms with van der Waals surface area (Å²) in [6, 6.07) is 39.6. The Bertz CT molecular complexity index is 2530. The molecular formula is C48H38OS. The monoisotopic (exact) mass is 662 g/mol. The van der Waals surface area contributed by atoms with E-state index in [0.29, 0.717) is 6.61 Å². The topological polar surface area (TPSA) is 9.23 Å². The zero-order valence-electron chi connectivity index (χ0n) is 28.1. The Hall–Kier alpha value is -5.70. The molecule has 0 unspecified atom stereocenters. The first-order valence-electron chi connectivity index (χ1n) is 17.3. The molecule has 50 heavy (non-hydrogen) atoms. The van der Waals surface area contributed by atoms with Crippen LogP contribution < -0.4 is 15.2 Å². The third-order valence-electron chi connectivity index (χ3n) is 9.65. The fourth-order valence-electron chi connectivity index (χ4n) is 7.09. The van der Waals surface area contributed by atoms with Crippen LogP contribution in [0.25, 0.3) is 43.0 Å². The zero-order chi connectivity index (χ0) is 33.9. The van der Waals surface area contributed by atoms with E-state index in [0.717, 1.165) is 47.3 Å². The summed E-state index contributed by atoms with van der Waals surface area (Å²) < 4.78 is 9.23. The van der Waals surface area contributed by atoms with Crippen LogP contribution in [-0.4, -0.2) is 6.61 Å². The van der Waals surface area contributed by atoms with Crippen molar-refractivity contribution in [3.05, 3.63) is 209 Å². The Morgan fingerprint density at radius 1 is 0.700 bits per heavy atom. The number of thiophene rings is 1. The van der Waals surface area contributed by atoms with Crippen molar-refractivity contribution in [2.24, 2.45) is 0 Å². The van der Waals surface area contributed by atoms with E-state index >= 15 is 0 Å². The molecule has 1 nitrogen and oxygen atoms in total. The van der Waals surface area contributed by atoms with Gasteiger partial charge in [-0.15, -0.1) is 11.3 Å². The van der Waals surface area contributed by atoms with Crippen molar-refractivity contribution >= 4 is 54.3 Å². The number of hydrogen-bond acceptors (Lipinski definition) is 2. The van der Waals surface area contributed by atoms with E-state index in [9.17, 15) is 0 Å². The number of fused-ring (bicyclic) bond motifs is 7. The highest BCUT2D eigenvalue weighted by Gasteiger charge is 2.18. The molecule has 1 aromatic heterocycles. The maximum atomic E-state index is 6.58. The molecule has 0 N–H and O–H groups in total. The van der Waals surface area contributed by atoms with E-state index in [1.54, 1.807) is 6.08 Å². The molecule has 2 aliphatic rings. The minimum atomic E-state index is 0.487. The van der Waals surface area contributed by atoms with E-state index in [1.165, 1.54) is 58.4 Å². The van der Waals surface area contributed by atoms with Gasteiger partial charge >= 0.3 is 0 Å². The molecule has 2 heterocycles. The molecular weight excluding hydrogens is 625 g/mol. The maximum absolute atomic E-state index is 6.58. The van der Waals surface area contributed by atoms with Gasteiger partial charge in [0.1, 0.15) is 12.4 Å². The van der Waals surface area contributed by atoms with E-state index in [-0.39, 0.29) is 0 Å². The van der Waals surface area contributed by atoms with Crippen LogP contribution in [0.5, 0.6) is 5.75 Å². The fourth-order valence-corrected chi connectivity index (χ4v) is 8.34. The lowest BCUT2D eigenvalue weighted by atomic mass is 9.93. The normalized spacial score (nSPS) is 17.4. The van der Waals surface area contributed by atoms with Crippen LogP contribution in [0.4, 0.5) is 0 Å². The van der Waals surface area contributed by atoms with Gasteiger partial charge in [-0.2, -0.15) is 0 Å². The Balaban J connectivity index is 1.29. The molecule has 0 saturated heterocycles. The van der Waals surface area contributed by atoms with Gasteiger partial charge in [0.15, 0.2) is 0 Å². The first-order chi connectivity index (χ1) is 24.7. The van der Waals surface area contributed by atoms with Gasteiger partial charge in [-0.25, -0.2) is 0 Å². The van der Waals surface area contributed by atoms with Gasteiger partial charge in [0.25, 0.3) is 0 Å². The predicted octanol–water partition coefficient (Wildman–Crippen LogP) is 11.1. The summed E-state index contributed by atoms with van der Waals surface area (Å²) in [4.78, 5) is 0. The molecule has 0 spiro atoms. The van der Waals surface area contributed by atoms with E-state index < -0.39 is 0 Å². The van der Waals surface area contributed by atoms with Gasteiger partial charge < -0.3 is 4.74 Å². The van der Waals surface area contributed by atoms with Crippen molar-refractivity contribution in [3.8, 4) is 5.75 Å². The summed E-state index contributed by atoms with van der Waals surface area (Å²) in [5.74, 6) is 0.948. The molecule has 6 aromatic rings. The van der Waals surface area contributed by atoms with Crippen molar-refractivity contribution in [1.82, 2.24) is 0 Å². The highest BCUT2D eigenvalue weighted by atomic mass is 32.1. The molecule has 0 saturated carbocycles. The lowest BCUT2D eigenvalue weighted by Crippen LogP contribution is -2.29. The zero-order valence-corrected chi connectivity index (χ0v) is 28.9. The van der Waals surface area contributed by atoms with Crippen molar-refractivity contribution in [2.45, 2.75) is 19.3 Å². The Morgan fingerprint density at radius 2 is 1.44 bits per heavy atom. The fraction of sp³-hybridized carbons (Fsp3) is 0.0833. The highest BCUT2D eigenvalue weighted by molar-refractivity contribution is 7.26. The predicted molar refractivity (Wildman–Crippen MR) is 216 cm³/mol. The number of rotatable bonds is 5. The first kappa shape index (κ1) is 31.6. The molecule has 242 valence electrons. The van der Waals surface area contributed by atoms with Gasteiger partial charge in [-0.05, 0) is 91.6 Å². The van der Waals surface area contributed by atoms with Crippen molar-refractivity contribution in [3.63, 3.8) is 0 Å². The van der Waals surface area contributed by atoms with Crippen LogP contribution in [0.15, 0.2) is 170 Å². The van der Waals surface area contributed by atoms with Crippen LogP contribution in [0.2, 0.25) is 0 Å². The van der Waals surface area contributed by atoms with Crippen LogP contribution in [0, 0.1) is 0 Å². The third kappa shape index (κ3) is 6.15. The summed E-state index contributed by atoms with van der Waals surface area (Å²) >= 11 is 1.89. The first-order valence-corrected chi connectivity index (χ1v) is 18.1. The maximum Gasteiger partial charge on any atom is 0.123 e. The molecule has 0 radical (unpaired) electrons. The summed E-state index contributed by atoms with van der Waals surface area (Å²) in [5, 5.41) is 4.99. The van der Waals surface area contributed by atoms with Gasteiger partial charge in [0, 0.05) is 26.6 Å². The minimum Gasteiger partial charge on any atom is -0.489 e. The van der Waals surface area contributed by atoms with Crippen LogP contribution in [0.1, 0.15) is 40.7 Å². The van der Waals surface area contributed by atoms with Crippen LogP contribution in [0.3, 0.4) is 0 Å². The van der Waals surface area contributed by atoms with Crippen LogP contribution >= 0.6 is 11.3 Å². The molecule has 0 fully saturated rings. The molecule has 1 aliphatic heterocycles. The van der Waals surface area contributed by atoms with Gasteiger partial charge in [-0.3, -0.25) is 0 Å². The largest absolute Gasteiger partial charge is 0.489 e. The van der Waals surface area contributed by atoms with E-state index in [4.69, 9.17) is 4.74 Å². The average Bonchev–Trinajstić information content (AvgIpc) is 3.57. The summed E-state index contributed by atoms with van der Waals surface area (Å²) in [6.45, 7) is 8.76. The molecule has 1 aliphatic carbocycles. The summed E-state index contributed by atoms with van der Waals surface area (Å²) in [5.41, 5.74) is 10.6. The number of hydrogen-bond donors (Lipinski definition) is 0. The lowest BCUT2D eigenvalue weighted by molar-refractivity contribution is 0.367. The van der Waals surface area contributed by atoms with Gasteiger partial charge in [0.05, 0.1) is 0 Å². The standard InChI is InChI=1S/C48H38OS/c1-3-4-15-33(2)39-17-7-5-6-8-18-40(42-20-11-10-19-41(39)42)35-26-24-34(25-27-35)38-31-45-36(30-37-16-9-13-22-46(37)49-32-38)28-29-44-43-21-12-14-23-47(43)50-48(44)45/h3-4,7-29,31H,1-2,5-6,30,32H2/b15-4-,17-7?,18-8+,38-31+,41-39?,42-40+. The van der Waals surface area contributed by atoms with E-state index in [2.05, 4.69) is 153 Å². The SMILES string of the molecule is C=C/C=C\C(=C)C1=c2cccc/c2=C(c2ccc(/C3=C/c4c(ccc5c4sc4ccccc45)Cc4ccccc4OC3)cc2)/C=C/CCC=C1. The van der Waals surface area contributed by atoms with Crippen LogP contribution in [-0.2, 0) is 6.42 Å².